The zero-order valence-corrected chi connectivity index (χ0v) is 19.8. The Kier molecular flexibility index (Phi) is 15.1. The molecule has 0 aliphatic rings. The van der Waals surface area contributed by atoms with Crippen LogP contribution in [0.3, 0.4) is 0 Å². The van der Waals surface area contributed by atoms with Gasteiger partial charge >= 0.3 is 0 Å². The van der Waals surface area contributed by atoms with Crippen molar-refractivity contribution in [3.8, 4) is 0 Å². The molecule has 4 nitrogen and oxygen atoms in total. The minimum absolute atomic E-state index is 0.105. The van der Waals surface area contributed by atoms with Gasteiger partial charge in [-0.1, -0.05) is 80.1 Å². The van der Waals surface area contributed by atoms with Crippen LogP contribution in [-0.4, -0.2) is 12.9 Å². The molecule has 0 bridgehead atoms. The van der Waals surface area contributed by atoms with Crippen LogP contribution in [0.2, 0.25) is 5.02 Å². The number of allylic oxidation sites excluding steroid dienone is 5. The third kappa shape index (κ3) is 11.1. The van der Waals surface area contributed by atoms with Gasteiger partial charge in [0, 0.05) is 17.8 Å². The quantitative estimate of drug-likeness (QED) is 0.194. The molecule has 2 aromatic rings. The predicted molar refractivity (Wildman–Crippen MR) is 135 cm³/mol. The van der Waals surface area contributed by atoms with Gasteiger partial charge in [-0.2, -0.15) is 5.10 Å². The molecule has 2 rings (SSSR count). The number of nitrogens with one attached hydrogen (secondary N) is 2. The maximum atomic E-state index is 13.5. The van der Waals surface area contributed by atoms with E-state index in [-0.39, 0.29) is 11.4 Å². The van der Waals surface area contributed by atoms with Crippen LogP contribution in [0.4, 0.5) is 10.1 Å². The number of benzene rings is 2. The summed E-state index contributed by atoms with van der Waals surface area (Å²) in [6, 6.07) is 11.7. The average Bonchev–Trinajstić information content (AvgIpc) is 2.77. The average molecular weight is 445 g/mol. The fourth-order valence-corrected chi connectivity index (χ4v) is 2.55. The van der Waals surface area contributed by atoms with E-state index in [2.05, 4.69) is 22.4 Å². The number of nitrogens with zero attached hydrogens (tertiary/aromatic N) is 1. The molecule has 0 heterocycles. The number of nitrogens with two attached hydrogens (primary N) is 1. The third-order valence-electron chi connectivity index (χ3n) is 3.77. The summed E-state index contributed by atoms with van der Waals surface area (Å²) in [6.07, 6.45) is 7.81. The van der Waals surface area contributed by atoms with Gasteiger partial charge in [0.15, 0.2) is 5.84 Å². The molecular weight excluding hydrogens is 411 g/mol. The zero-order valence-electron chi connectivity index (χ0n) is 19.0. The Morgan fingerprint density at radius 3 is 2.48 bits per heavy atom. The molecule has 0 unspecified atom stereocenters. The molecule has 0 saturated carbocycles. The second-order valence-electron chi connectivity index (χ2n) is 6.01. The summed E-state index contributed by atoms with van der Waals surface area (Å²) in [6.45, 7) is 12.1. The first-order valence-electron chi connectivity index (χ1n) is 10.1. The summed E-state index contributed by atoms with van der Waals surface area (Å²) in [7, 11) is 1.81. The molecule has 31 heavy (non-hydrogen) atoms. The Bertz CT molecular complexity index is 889. The molecule has 0 aliphatic heterocycles. The molecule has 0 atom stereocenters. The molecule has 0 aromatic heterocycles. The molecule has 168 valence electrons. The normalized spacial score (nSPS) is 11.1. The highest BCUT2D eigenvalue weighted by Gasteiger charge is 2.05. The van der Waals surface area contributed by atoms with Crippen molar-refractivity contribution in [3.63, 3.8) is 0 Å². The van der Waals surface area contributed by atoms with Crippen molar-refractivity contribution in [1.82, 2.24) is 5.43 Å². The highest BCUT2D eigenvalue weighted by atomic mass is 35.5. The lowest BCUT2D eigenvalue weighted by Gasteiger charge is -2.10. The summed E-state index contributed by atoms with van der Waals surface area (Å²) >= 11 is 5.93. The van der Waals surface area contributed by atoms with Crippen LogP contribution in [0.5, 0.6) is 0 Å². The Morgan fingerprint density at radius 1 is 1.23 bits per heavy atom. The molecule has 6 heteroatoms. The second kappa shape index (κ2) is 16.7. The second-order valence-corrected chi connectivity index (χ2v) is 6.45. The maximum Gasteiger partial charge on any atom is 0.153 e. The van der Waals surface area contributed by atoms with Gasteiger partial charge in [0.1, 0.15) is 5.82 Å². The van der Waals surface area contributed by atoms with Crippen LogP contribution < -0.4 is 16.5 Å². The largest absolute Gasteiger partial charge is 0.388 e. The van der Waals surface area contributed by atoms with E-state index in [1.54, 1.807) is 30.3 Å². The number of rotatable bonds is 7. The molecule has 0 spiro atoms. The van der Waals surface area contributed by atoms with Gasteiger partial charge in [-0.15, -0.1) is 0 Å². The van der Waals surface area contributed by atoms with Gasteiger partial charge in [0.25, 0.3) is 0 Å². The SMILES string of the molecule is C=C/C=C(C)\C=C/C.CC.CNc1cc(Cl)ccc1CN/N=C(\N)c1ccccc1F. The van der Waals surface area contributed by atoms with Crippen LogP contribution >= 0.6 is 11.6 Å². The highest BCUT2D eigenvalue weighted by molar-refractivity contribution is 6.30. The van der Waals surface area contributed by atoms with E-state index >= 15 is 0 Å². The van der Waals surface area contributed by atoms with Gasteiger partial charge in [-0.25, -0.2) is 4.39 Å². The first kappa shape index (κ1) is 28.0. The first-order valence-corrected chi connectivity index (χ1v) is 10.5. The summed E-state index contributed by atoms with van der Waals surface area (Å²) in [5.74, 6) is -0.295. The van der Waals surface area contributed by atoms with E-state index in [9.17, 15) is 4.39 Å². The van der Waals surface area contributed by atoms with Crippen molar-refractivity contribution in [2.45, 2.75) is 34.2 Å². The van der Waals surface area contributed by atoms with Crippen molar-refractivity contribution in [2.24, 2.45) is 10.8 Å². The lowest BCUT2D eigenvalue weighted by molar-refractivity contribution is 0.624. The summed E-state index contributed by atoms with van der Waals surface area (Å²) in [5, 5.41) is 7.69. The number of hydrogen-bond acceptors (Lipinski definition) is 3. The lowest BCUT2D eigenvalue weighted by atomic mass is 10.2. The number of hydrazone groups is 1. The molecule has 0 fully saturated rings. The molecule has 0 amide bonds. The molecular formula is C25H34ClFN4. The highest BCUT2D eigenvalue weighted by Crippen LogP contribution is 2.20. The first-order chi connectivity index (χ1) is 14.9. The third-order valence-corrected chi connectivity index (χ3v) is 4.01. The van der Waals surface area contributed by atoms with Crippen molar-refractivity contribution in [3.05, 3.63) is 101 Å². The Balaban J connectivity index is 0.000000762. The molecule has 2 aromatic carbocycles. The maximum absolute atomic E-state index is 13.5. The molecule has 0 radical (unpaired) electrons. The van der Waals surface area contributed by atoms with Crippen LogP contribution in [0, 0.1) is 5.82 Å². The number of amidine groups is 1. The predicted octanol–water partition coefficient (Wildman–Crippen LogP) is 6.65. The summed E-state index contributed by atoms with van der Waals surface area (Å²) < 4.78 is 13.5. The topological polar surface area (TPSA) is 62.4 Å². The van der Waals surface area contributed by atoms with E-state index in [1.165, 1.54) is 11.6 Å². The Labute approximate surface area is 191 Å². The van der Waals surface area contributed by atoms with Crippen molar-refractivity contribution < 1.29 is 4.39 Å². The Hall–Kier alpha value is -3.05. The van der Waals surface area contributed by atoms with E-state index in [0.717, 1.165) is 11.3 Å². The van der Waals surface area contributed by atoms with Gasteiger partial charge < -0.3 is 16.5 Å². The van der Waals surface area contributed by atoms with E-state index in [4.69, 9.17) is 17.3 Å². The Morgan fingerprint density at radius 2 is 1.90 bits per heavy atom. The number of halogens is 2. The fraction of sp³-hybridized carbons (Fsp3) is 0.240. The van der Waals surface area contributed by atoms with Crippen LogP contribution in [0.25, 0.3) is 0 Å². The monoisotopic (exact) mass is 444 g/mol. The lowest BCUT2D eigenvalue weighted by Crippen LogP contribution is -2.20. The van der Waals surface area contributed by atoms with Crippen molar-refractivity contribution in [1.29, 1.82) is 0 Å². The number of anilines is 1. The smallest absolute Gasteiger partial charge is 0.153 e. The van der Waals surface area contributed by atoms with Gasteiger partial charge in [-0.05, 0) is 43.7 Å². The van der Waals surface area contributed by atoms with Gasteiger partial charge in [0.05, 0.1) is 12.1 Å². The summed E-state index contributed by atoms with van der Waals surface area (Å²) in [5.41, 5.74) is 12.0. The minimum atomic E-state index is -0.400. The van der Waals surface area contributed by atoms with E-state index < -0.39 is 5.82 Å². The van der Waals surface area contributed by atoms with Gasteiger partial charge in [0.2, 0.25) is 0 Å². The minimum Gasteiger partial charge on any atom is -0.388 e. The van der Waals surface area contributed by atoms with E-state index in [0.29, 0.717) is 11.6 Å². The van der Waals surface area contributed by atoms with Crippen LogP contribution in [0.15, 0.2) is 84.0 Å². The standard InChI is InChI=1S/C15H16ClFN4.C8H12.C2H6/c1-19-14-8-11(16)7-6-10(14)9-20-21-15(18)12-4-2-3-5-13(12)17;1-4-6-8(3)7-5-2;1-2/h2-8,19-20H,9H2,1H3,(H2,18,21);4-7H,1H2,2-3H3;1-2H3/b;7-5-,8-6-;. The zero-order chi connectivity index (χ0) is 23.6. The summed E-state index contributed by atoms with van der Waals surface area (Å²) in [4.78, 5) is 0. The van der Waals surface area contributed by atoms with Crippen molar-refractivity contribution >= 4 is 23.1 Å². The van der Waals surface area contributed by atoms with Crippen LogP contribution in [0.1, 0.15) is 38.8 Å². The van der Waals surface area contributed by atoms with Gasteiger partial charge in [-0.3, -0.25) is 0 Å². The van der Waals surface area contributed by atoms with Crippen LogP contribution in [-0.2, 0) is 6.54 Å². The molecule has 0 saturated heterocycles. The molecule has 4 N–H and O–H groups in total. The van der Waals surface area contributed by atoms with Crippen molar-refractivity contribution in [2.75, 3.05) is 12.4 Å². The number of hydrogen-bond donors (Lipinski definition) is 3. The fourth-order valence-electron chi connectivity index (χ4n) is 2.38. The van der Waals surface area contributed by atoms with E-state index in [1.807, 2.05) is 65.1 Å². The molecule has 0 aliphatic carbocycles.